The van der Waals surface area contributed by atoms with Crippen LogP contribution in [0.1, 0.15) is 25.3 Å². The van der Waals surface area contributed by atoms with E-state index in [9.17, 15) is 8.78 Å². The molecule has 2 aromatic heterocycles. The zero-order valence-corrected chi connectivity index (χ0v) is 14.5. The van der Waals surface area contributed by atoms with Gasteiger partial charge in [0.15, 0.2) is 0 Å². The molecule has 0 saturated carbocycles. The van der Waals surface area contributed by atoms with Crippen LogP contribution in [0, 0.1) is 0 Å². The number of rotatable bonds is 4. The summed E-state index contributed by atoms with van der Waals surface area (Å²) in [6.07, 6.45) is 3.45. The summed E-state index contributed by atoms with van der Waals surface area (Å²) < 4.78 is 28.4. The molecule has 1 aromatic carbocycles. The summed E-state index contributed by atoms with van der Waals surface area (Å²) in [5.41, 5.74) is 1.08. The SMILES string of the molecule is CC(c1nc2ccccc2n1C(F)F)N1CCN(c2ncccn2)CC1. The first-order valence-electron chi connectivity index (χ1n) is 8.66. The van der Waals surface area contributed by atoms with E-state index in [1.807, 2.05) is 13.0 Å². The van der Waals surface area contributed by atoms with E-state index in [-0.39, 0.29) is 6.04 Å². The van der Waals surface area contributed by atoms with Gasteiger partial charge in [0.1, 0.15) is 5.82 Å². The predicted octanol–water partition coefficient (Wildman–Crippen LogP) is 3.10. The molecule has 136 valence electrons. The number of nitrogens with zero attached hydrogens (tertiary/aromatic N) is 6. The van der Waals surface area contributed by atoms with Crippen molar-refractivity contribution >= 4 is 17.0 Å². The zero-order valence-electron chi connectivity index (χ0n) is 14.5. The van der Waals surface area contributed by atoms with E-state index in [1.165, 1.54) is 0 Å². The van der Waals surface area contributed by atoms with Gasteiger partial charge in [-0.2, -0.15) is 8.78 Å². The minimum Gasteiger partial charge on any atom is -0.338 e. The number of benzene rings is 1. The van der Waals surface area contributed by atoms with E-state index in [1.54, 1.807) is 36.7 Å². The lowest BCUT2D eigenvalue weighted by Crippen LogP contribution is -2.48. The third kappa shape index (κ3) is 3.01. The van der Waals surface area contributed by atoms with E-state index in [4.69, 9.17) is 0 Å². The van der Waals surface area contributed by atoms with Crippen LogP contribution in [-0.4, -0.2) is 50.6 Å². The highest BCUT2D eigenvalue weighted by atomic mass is 19.3. The summed E-state index contributed by atoms with van der Waals surface area (Å²) in [6.45, 7) is 2.32. The molecule has 1 atom stereocenters. The van der Waals surface area contributed by atoms with Crippen LogP contribution < -0.4 is 4.90 Å². The molecule has 1 aliphatic heterocycles. The Labute approximate surface area is 150 Å². The highest BCUT2D eigenvalue weighted by Gasteiger charge is 2.28. The number of para-hydroxylation sites is 2. The van der Waals surface area contributed by atoms with Gasteiger partial charge in [0, 0.05) is 38.6 Å². The fraction of sp³-hybridized carbons (Fsp3) is 0.389. The molecule has 26 heavy (non-hydrogen) atoms. The fourth-order valence-electron chi connectivity index (χ4n) is 3.49. The van der Waals surface area contributed by atoms with Gasteiger partial charge in [-0.1, -0.05) is 12.1 Å². The van der Waals surface area contributed by atoms with E-state index < -0.39 is 6.55 Å². The molecule has 0 bridgehead atoms. The number of anilines is 1. The first-order chi connectivity index (χ1) is 12.6. The lowest BCUT2D eigenvalue weighted by molar-refractivity contribution is 0.0641. The topological polar surface area (TPSA) is 50.1 Å². The maximum atomic E-state index is 13.7. The molecule has 8 heteroatoms. The van der Waals surface area contributed by atoms with Crippen LogP contribution >= 0.6 is 0 Å². The van der Waals surface area contributed by atoms with Crippen molar-refractivity contribution in [3.8, 4) is 0 Å². The molecule has 1 saturated heterocycles. The highest BCUT2D eigenvalue weighted by Crippen LogP contribution is 2.30. The Morgan fingerprint density at radius 1 is 0.962 bits per heavy atom. The average molecular weight is 358 g/mol. The Bertz CT molecular complexity index is 874. The standard InChI is InChI=1S/C18H20F2N6/c1-13(16-23-14-5-2-3-6-15(14)26(16)17(19)20)24-9-11-25(12-10-24)18-21-7-4-8-22-18/h2-8,13,17H,9-12H2,1H3. The molecule has 6 nitrogen and oxygen atoms in total. The van der Waals surface area contributed by atoms with Crippen molar-refractivity contribution < 1.29 is 8.78 Å². The number of alkyl halides is 2. The van der Waals surface area contributed by atoms with Gasteiger partial charge >= 0.3 is 6.55 Å². The van der Waals surface area contributed by atoms with Gasteiger partial charge in [-0.15, -0.1) is 0 Å². The number of hydrogen-bond acceptors (Lipinski definition) is 5. The summed E-state index contributed by atoms with van der Waals surface area (Å²) in [6, 6.07) is 8.63. The van der Waals surface area contributed by atoms with Gasteiger partial charge in [-0.25, -0.2) is 15.0 Å². The van der Waals surface area contributed by atoms with Crippen LogP contribution in [0.5, 0.6) is 0 Å². The Hall–Kier alpha value is -2.61. The summed E-state index contributed by atoms with van der Waals surface area (Å²) >= 11 is 0. The quantitative estimate of drug-likeness (QED) is 0.717. The van der Waals surface area contributed by atoms with Gasteiger partial charge in [-0.3, -0.25) is 9.47 Å². The molecule has 0 N–H and O–H groups in total. The number of aromatic nitrogens is 4. The summed E-state index contributed by atoms with van der Waals surface area (Å²) in [5, 5.41) is 0. The highest BCUT2D eigenvalue weighted by molar-refractivity contribution is 5.76. The normalized spacial score (nSPS) is 17.2. The van der Waals surface area contributed by atoms with Gasteiger partial charge in [-0.05, 0) is 25.1 Å². The van der Waals surface area contributed by atoms with Crippen LogP contribution in [0.2, 0.25) is 0 Å². The Morgan fingerprint density at radius 2 is 1.65 bits per heavy atom. The van der Waals surface area contributed by atoms with Crippen LogP contribution in [0.25, 0.3) is 11.0 Å². The van der Waals surface area contributed by atoms with Crippen LogP contribution in [0.15, 0.2) is 42.7 Å². The predicted molar refractivity (Wildman–Crippen MR) is 95.2 cm³/mol. The van der Waals surface area contributed by atoms with E-state index in [0.717, 1.165) is 30.7 Å². The smallest absolute Gasteiger partial charge is 0.320 e. The molecule has 1 fully saturated rings. The first-order valence-corrected chi connectivity index (χ1v) is 8.66. The number of piperazine rings is 1. The Balaban J connectivity index is 1.55. The number of hydrogen-bond donors (Lipinski definition) is 0. The second-order valence-electron chi connectivity index (χ2n) is 6.35. The number of imidazole rings is 1. The Kier molecular flexibility index (Phi) is 4.50. The molecular weight excluding hydrogens is 338 g/mol. The minimum absolute atomic E-state index is 0.199. The second-order valence-corrected chi connectivity index (χ2v) is 6.35. The van der Waals surface area contributed by atoms with Crippen molar-refractivity contribution in [2.45, 2.75) is 19.5 Å². The molecule has 0 radical (unpaired) electrons. The van der Waals surface area contributed by atoms with Gasteiger partial charge in [0.25, 0.3) is 0 Å². The maximum absolute atomic E-state index is 13.7. The minimum atomic E-state index is -2.61. The molecular formula is C18H20F2N6. The van der Waals surface area contributed by atoms with Gasteiger partial charge in [0.05, 0.1) is 17.1 Å². The summed E-state index contributed by atoms with van der Waals surface area (Å²) in [7, 11) is 0. The van der Waals surface area contributed by atoms with Gasteiger partial charge in [0.2, 0.25) is 5.95 Å². The van der Waals surface area contributed by atoms with Crippen molar-refractivity contribution in [1.82, 2.24) is 24.4 Å². The fourth-order valence-corrected chi connectivity index (χ4v) is 3.49. The number of fused-ring (bicyclic) bond motifs is 1. The Morgan fingerprint density at radius 3 is 2.35 bits per heavy atom. The van der Waals surface area contributed by atoms with Crippen molar-refractivity contribution in [2.24, 2.45) is 0 Å². The third-order valence-electron chi connectivity index (χ3n) is 4.89. The molecule has 0 amide bonds. The first kappa shape index (κ1) is 16.8. The summed E-state index contributed by atoms with van der Waals surface area (Å²) in [4.78, 5) is 17.3. The third-order valence-corrected chi connectivity index (χ3v) is 4.89. The van der Waals surface area contributed by atoms with Crippen LogP contribution in [-0.2, 0) is 0 Å². The molecule has 3 aromatic rings. The van der Waals surface area contributed by atoms with E-state index >= 15 is 0 Å². The second kappa shape index (κ2) is 6.95. The molecule has 0 aliphatic carbocycles. The van der Waals surface area contributed by atoms with E-state index in [2.05, 4.69) is 24.8 Å². The largest absolute Gasteiger partial charge is 0.338 e. The number of halogens is 2. The average Bonchev–Trinajstić information content (AvgIpc) is 3.08. The van der Waals surface area contributed by atoms with Crippen molar-refractivity contribution in [2.75, 3.05) is 31.1 Å². The summed E-state index contributed by atoms with van der Waals surface area (Å²) in [5.74, 6) is 1.12. The molecule has 3 heterocycles. The zero-order chi connectivity index (χ0) is 18.1. The maximum Gasteiger partial charge on any atom is 0.320 e. The lowest BCUT2D eigenvalue weighted by Gasteiger charge is -2.37. The molecule has 4 rings (SSSR count). The van der Waals surface area contributed by atoms with Gasteiger partial charge < -0.3 is 4.90 Å². The van der Waals surface area contributed by atoms with E-state index in [0.29, 0.717) is 22.8 Å². The van der Waals surface area contributed by atoms with Crippen molar-refractivity contribution in [3.05, 3.63) is 48.5 Å². The molecule has 0 spiro atoms. The van der Waals surface area contributed by atoms with Crippen LogP contribution in [0.3, 0.4) is 0 Å². The molecule has 1 aliphatic rings. The lowest BCUT2D eigenvalue weighted by atomic mass is 10.2. The van der Waals surface area contributed by atoms with Crippen molar-refractivity contribution in [1.29, 1.82) is 0 Å². The van der Waals surface area contributed by atoms with Crippen molar-refractivity contribution in [3.63, 3.8) is 0 Å². The molecule has 1 unspecified atom stereocenters. The monoisotopic (exact) mass is 358 g/mol. The van der Waals surface area contributed by atoms with Crippen LogP contribution in [0.4, 0.5) is 14.7 Å².